The molecule has 2 N–H and O–H groups in total. The number of ether oxygens (including phenoxy) is 1. The molecule has 1 aliphatic heterocycles. The maximum Gasteiger partial charge on any atom is 0.257 e. The minimum Gasteiger partial charge on any atom is -0.467 e. The van der Waals surface area contributed by atoms with Gasteiger partial charge < -0.3 is 19.8 Å². The van der Waals surface area contributed by atoms with Crippen LogP contribution in [0.5, 0.6) is 0 Å². The maximum absolute atomic E-state index is 12.7. The van der Waals surface area contributed by atoms with Gasteiger partial charge in [0, 0.05) is 10.6 Å². The summed E-state index contributed by atoms with van der Waals surface area (Å²) < 4.78 is 11.1. The quantitative estimate of drug-likeness (QED) is 0.898. The number of nitrogens with two attached hydrogens (primary N) is 1. The van der Waals surface area contributed by atoms with E-state index in [1.807, 2.05) is 31.2 Å². The van der Waals surface area contributed by atoms with Gasteiger partial charge >= 0.3 is 0 Å². The molecule has 1 fully saturated rings. The standard InChI is InChI=1S/C17H19ClN2O3.ClH/c1-11-9-23-16(14-4-2-3-5-15(14)18)8-20(11)17(21)12-6-13(7-19)22-10-12;/h2-6,10-11,16H,7-9,19H2,1H3;1H. The normalized spacial score (nSPS) is 20.5. The van der Waals surface area contributed by atoms with Crippen molar-refractivity contribution < 1.29 is 13.9 Å². The lowest BCUT2D eigenvalue weighted by molar-refractivity contribution is -0.0486. The van der Waals surface area contributed by atoms with Crippen molar-refractivity contribution in [2.24, 2.45) is 5.73 Å². The Morgan fingerprint density at radius 2 is 2.17 bits per heavy atom. The zero-order valence-corrected chi connectivity index (χ0v) is 14.8. The predicted octanol–water partition coefficient (Wildman–Crippen LogP) is 3.42. The second-order valence-corrected chi connectivity index (χ2v) is 6.06. The van der Waals surface area contributed by atoms with E-state index in [0.717, 1.165) is 5.56 Å². The Labute approximate surface area is 152 Å². The van der Waals surface area contributed by atoms with E-state index in [2.05, 4.69) is 0 Å². The molecule has 7 heteroatoms. The van der Waals surface area contributed by atoms with Crippen molar-refractivity contribution >= 4 is 29.9 Å². The highest BCUT2D eigenvalue weighted by Gasteiger charge is 2.32. The van der Waals surface area contributed by atoms with Crippen LogP contribution in [-0.4, -0.2) is 30.0 Å². The van der Waals surface area contributed by atoms with Crippen LogP contribution in [0.4, 0.5) is 0 Å². The maximum atomic E-state index is 12.7. The first-order valence-corrected chi connectivity index (χ1v) is 7.92. The Bertz CT molecular complexity index is 705. The summed E-state index contributed by atoms with van der Waals surface area (Å²) in [6.07, 6.45) is 1.22. The smallest absolute Gasteiger partial charge is 0.257 e. The first-order valence-electron chi connectivity index (χ1n) is 7.54. The van der Waals surface area contributed by atoms with Crippen LogP contribution < -0.4 is 5.73 Å². The van der Waals surface area contributed by atoms with E-state index in [1.54, 1.807) is 11.0 Å². The van der Waals surface area contributed by atoms with Gasteiger partial charge in [0.05, 0.1) is 31.3 Å². The number of amides is 1. The number of hydrogen-bond donors (Lipinski definition) is 1. The summed E-state index contributed by atoms with van der Waals surface area (Å²) in [5.41, 5.74) is 6.94. The first kappa shape index (κ1) is 18.8. The van der Waals surface area contributed by atoms with Crippen LogP contribution in [0.15, 0.2) is 41.0 Å². The number of halogens is 2. The summed E-state index contributed by atoms with van der Waals surface area (Å²) in [6.45, 7) is 3.15. The fourth-order valence-electron chi connectivity index (χ4n) is 2.73. The van der Waals surface area contributed by atoms with E-state index in [9.17, 15) is 4.79 Å². The fraction of sp³-hybridized carbons (Fsp3) is 0.353. The SMILES string of the molecule is CC1COC(c2ccccc2Cl)CN1C(=O)c1coc(CN)c1.Cl. The van der Waals surface area contributed by atoms with Gasteiger partial charge in [-0.2, -0.15) is 0 Å². The Morgan fingerprint density at radius 3 is 2.83 bits per heavy atom. The molecule has 24 heavy (non-hydrogen) atoms. The van der Waals surface area contributed by atoms with Gasteiger partial charge in [0.2, 0.25) is 0 Å². The van der Waals surface area contributed by atoms with Crippen LogP contribution in [0.2, 0.25) is 5.02 Å². The molecule has 0 bridgehead atoms. The molecule has 2 atom stereocenters. The van der Waals surface area contributed by atoms with Gasteiger partial charge in [0.1, 0.15) is 18.1 Å². The molecule has 1 saturated heterocycles. The molecule has 2 heterocycles. The van der Waals surface area contributed by atoms with Crippen LogP contribution in [0, 0.1) is 0 Å². The highest BCUT2D eigenvalue weighted by molar-refractivity contribution is 6.31. The van der Waals surface area contributed by atoms with Crippen molar-refractivity contribution in [1.29, 1.82) is 0 Å². The van der Waals surface area contributed by atoms with Gasteiger partial charge in [-0.3, -0.25) is 4.79 Å². The van der Waals surface area contributed by atoms with Crippen molar-refractivity contribution in [3.63, 3.8) is 0 Å². The van der Waals surface area contributed by atoms with E-state index in [4.69, 9.17) is 26.5 Å². The van der Waals surface area contributed by atoms with Crippen molar-refractivity contribution in [3.05, 3.63) is 58.5 Å². The summed E-state index contributed by atoms with van der Waals surface area (Å²) in [7, 11) is 0. The third-order valence-corrected chi connectivity index (χ3v) is 4.39. The lowest BCUT2D eigenvalue weighted by atomic mass is 10.1. The average Bonchev–Trinajstić information content (AvgIpc) is 3.04. The number of hydrogen-bond acceptors (Lipinski definition) is 4. The first-order chi connectivity index (χ1) is 11.1. The van der Waals surface area contributed by atoms with Gasteiger partial charge in [-0.15, -0.1) is 12.4 Å². The number of carbonyl (C=O) groups is 1. The fourth-order valence-corrected chi connectivity index (χ4v) is 2.99. The molecule has 2 aromatic rings. The van der Waals surface area contributed by atoms with Gasteiger partial charge in [-0.05, 0) is 19.1 Å². The summed E-state index contributed by atoms with van der Waals surface area (Å²) >= 11 is 6.25. The van der Waals surface area contributed by atoms with Gasteiger partial charge in [-0.25, -0.2) is 0 Å². The van der Waals surface area contributed by atoms with Crippen LogP contribution in [-0.2, 0) is 11.3 Å². The molecule has 0 saturated carbocycles. The largest absolute Gasteiger partial charge is 0.467 e. The molecular weight excluding hydrogens is 351 g/mol. The Kier molecular flexibility index (Phi) is 6.29. The van der Waals surface area contributed by atoms with Crippen LogP contribution in [0.25, 0.3) is 0 Å². The number of nitrogens with zero attached hydrogens (tertiary/aromatic N) is 1. The van der Waals surface area contributed by atoms with E-state index in [1.165, 1.54) is 6.26 Å². The third-order valence-electron chi connectivity index (χ3n) is 4.05. The summed E-state index contributed by atoms with van der Waals surface area (Å²) in [5.74, 6) is 0.512. The highest BCUT2D eigenvalue weighted by atomic mass is 35.5. The highest BCUT2D eigenvalue weighted by Crippen LogP contribution is 2.30. The minimum atomic E-state index is -0.232. The molecule has 3 rings (SSSR count). The lowest BCUT2D eigenvalue weighted by Crippen LogP contribution is -2.48. The molecule has 0 aliphatic carbocycles. The monoisotopic (exact) mass is 370 g/mol. The van der Waals surface area contributed by atoms with Crippen molar-refractivity contribution in [3.8, 4) is 0 Å². The van der Waals surface area contributed by atoms with Crippen LogP contribution in [0.1, 0.15) is 34.7 Å². The van der Waals surface area contributed by atoms with Crippen LogP contribution in [0.3, 0.4) is 0 Å². The predicted molar refractivity (Wildman–Crippen MR) is 94.5 cm³/mol. The van der Waals surface area contributed by atoms with Gasteiger partial charge in [0.15, 0.2) is 0 Å². The second-order valence-electron chi connectivity index (χ2n) is 5.66. The molecule has 0 spiro atoms. The van der Waals surface area contributed by atoms with E-state index in [-0.39, 0.29) is 37.0 Å². The molecule has 2 unspecified atom stereocenters. The zero-order chi connectivity index (χ0) is 16.4. The Balaban J connectivity index is 0.00000208. The van der Waals surface area contributed by atoms with Crippen molar-refractivity contribution in [2.45, 2.75) is 25.6 Å². The third kappa shape index (κ3) is 3.75. The molecule has 130 valence electrons. The van der Waals surface area contributed by atoms with Gasteiger partial charge in [-0.1, -0.05) is 29.8 Å². The summed E-state index contributed by atoms with van der Waals surface area (Å²) in [6, 6.07) is 9.22. The molecule has 0 radical (unpaired) electrons. The molecule has 1 aromatic heterocycles. The molecule has 5 nitrogen and oxygen atoms in total. The molecular formula is C17H20Cl2N2O3. The Hall–Kier alpha value is -1.53. The van der Waals surface area contributed by atoms with E-state index < -0.39 is 0 Å². The van der Waals surface area contributed by atoms with Crippen molar-refractivity contribution in [2.75, 3.05) is 13.2 Å². The zero-order valence-electron chi connectivity index (χ0n) is 13.3. The van der Waals surface area contributed by atoms with Crippen LogP contribution >= 0.6 is 24.0 Å². The van der Waals surface area contributed by atoms with Gasteiger partial charge in [0.25, 0.3) is 5.91 Å². The summed E-state index contributed by atoms with van der Waals surface area (Å²) in [4.78, 5) is 14.5. The van der Waals surface area contributed by atoms with E-state index >= 15 is 0 Å². The lowest BCUT2D eigenvalue weighted by Gasteiger charge is -2.38. The number of morpholine rings is 1. The minimum absolute atomic E-state index is 0. The van der Waals surface area contributed by atoms with Crippen molar-refractivity contribution in [1.82, 2.24) is 4.90 Å². The number of benzene rings is 1. The molecule has 1 aromatic carbocycles. The molecule has 1 aliphatic rings. The Morgan fingerprint density at radius 1 is 1.42 bits per heavy atom. The number of furan rings is 1. The van der Waals surface area contributed by atoms with E-state index in [0.29, 0.717) is 29.5 Å². The number of rotatable bonds is 3. The molecule has 1 amide bonds. The second kappa shape index (κ2) is 8.03. The topological polar surface area (TPSA) is 68.7 Å². The summed E-state index contributed by atoms with van der Waals surface area (Å²) in [5, 5.41) is 0.646. The average molecular weight is 371 g/mol. The number of carbonyl (C=O) groups excluding carboxylic acids is 1.